The van der Waals surface area contributed by atoms with E-state index in [2.05, 4.69) is 26.5 Å². The largest absolute Gasteiger partial charge is 0.336 e. The number of nitrogens with zero attached hydrogens (tertiary/aromatic N) is 6. The number of rotatable bonds is 7. The van der Waals surface area contributed by atoms with Crippen molar-refractivity contribution in [2.75, 3.05) is 18.4 Å². The summed E-state index contributed by atoms with van der Waals surface area (Å²) in [6, 6.07) is 11.2. The number of carbonyl (C=O) groups excluding carboxylic acids is 1. The summed E-state index contributed by atoms with van der Waals surface area (Å²) < 4.78 is 15.3. The number of aromatic nitrogens is 4. The van der Waals surface area contributed by atoms with E-state index in [1.807, 2.05) is 16.9 Å². The lowest BCUT2D eigenvalue weighted by atomic mass is 10.1. The molecule has 1 N–H and O–H groups in total. The van der Waals surface area contributed by atoms with Crippen LogP contribution in [0.1, 0.15) is 42.1 Å². The van der Waals surface area contributed by atoms with Crippen molar-refractivity contribution in [2.45, 2.75) is 37.9 Å². The van der Waals surface area contributed by atoms with Crippen molar-refractivity contribution in [3.63, 3.8) is 0 Å². The first-order valence-electron chi connectivity index (χ1n) is 11.2. The Labute approximate surface area is 191 Å². The van der Waals surface area contributed by atoms with Crippen LogP contribution >= 0.6 is 0 Å². The normalized spacial score (nSPS) is 18.7. The van der Waals surface area contributed by atoms with Crippen LogP contribution in [0.3, 0.4) is 0 Å². The number of hydrogen-bond acceptors (Lipinski definition) is 6. The lowest BCUT2D eigenvalue weighted by Gasteiger charge is -2.15. The molecule has 0 radical (unpaired) electrons. The Morgan fingerprint density at radius 3 is 2.76 bits per heavy atom. The number of alkyl halides is 1. The number of nitrogens with one attached hydrogen (secondary N) is 1. The topological polar surface area (TPSA) is 99.7 Å². The molecule has 9 heteroatoms. The zero-order valence-electron chi connectivity index (χ0n) is 18.1. The van der Waals surface area contributed by atoms with E-state index in [0.29, 0.717) is 36.8 Å². The number of benzene rings is 1. The number of carbonyl (C=O) groups is 1. The van der Waals surface area contributed by atoms with Crippen molar-refractivity contribution in [3.8, 4) is 17.3 Å². The highest BCUT2D eigenvalue weighted by molar-refractivity contribution is 5.94. The van der Waals surface area contributed by atoms with Gasteiger partial charge in [-0.15, -0.1) is 0 Å². The molecule has 5 rings (SSSR count). The maximum Gasteiger partial charge on any atom is 0.253 e. The fraction of sp³-hybridized carbons (Fsp3) is 0.375. The van der Waals surface area contributed by atoms with Gasteiger partial charge in [0, 0.05) is 35.8 Å². The SMILES string of the molecule is N#CCC(C1CC1)n1cc(-c2ccnc(Nc3ccc(C(=O)N4CC[C@H](F)C4)cc3)n2)cn1. The summed E-state index contributed by atoms with van der Waals surface area (Å²) in [5.41, 5.74) is 2.86. The molecule has 1 aliphatic carbocycles. The predicted octanol–water partition coefficient (Wildman–Crippen LogP) is 4.13. The number of amides is 1. The lowest BCUT2D eigenvalue weighted by molar-refractivity contribution is 0.0783. The van der Waals surface area contributed by atoms with E-state index in [9.17, 15) is 9.18 Å². The predicted molar refractivity (Wildman–Crippen MR) is 120 cm³/mol. The van der Waals surface area contributed by atoms with Crippen LogP contribution < -0.4 is 5.32 Å². The third-order valence-electron chi connectivity index (χ3n) is 6.17. The van der Waals surface area contributed by atoms with Crippen LogP contribution in [0.5, 0.6) is 0 Å². The Hall–Kier alpha value is -3.80. The molecule has 0 bridgehead atoms. The van der Waals surface area contributed by atoms with Gasteiger partial charge in [0.05, 0.1) is 37.0 Å². The smallest absolute Gasteiger partial charge is 0.253 e. The summed E-state index contributed by atoms with van der Waals surface area (Å²) in [4.78, 5) is 22.9. The Morgan fingerprint density at radius 2 is 2.06 bits per heavy atom. The van der Waals surface area contributed by atoms with Gasteiger partial charge >= 0.3 is 0 Å². The Bertz CT molecular complexity index is 1180. The van der Waals surface area contributed by atoms with Crippen molar-refractivity contribution in [2.24, 2.45) is 5.92 Å². The second-order valence-corrected chi connectivity index (χ2v) is 8.58. The maximum absolute atomic E-state index is 13.4. The third-order valence-corrected chi connectivity index (χ3v) is 6.17. The van der Waals surface area contributed by atoms with Gasteiger partial charge in [0.2, 0.25) is 5.95 Å². The van der Waals surface area contributed by atoms with Crippen LogP contribution in [-0.2, 0) is 0 Å². The lowest BCUT2D eigenvalue weighted by Crippen LogP contribution is -2.28. The molecule has 8 nitrogen and oxygen atoms in total. The first kappa shape index (κ1) is 21.1. The van der Waals surface area contributed by atoms with E-state index in [1.165, 1.54) is 0 Å². The summed E-state index contributed by atoms with van der Waals surface area (Å²) >= 11 is 0. The van der Waals surface area contributed by atoms with Gasteiger partial charge in [-0.05, 0) is 55.5 Å². The molecule has 2 atom stereocenters. The molecule has 1 saturated carbocycles. The average Bonchev–Trinajstić information content (AvgIpc) is 3.38. The maximum atomic E-state index is 13.4. The number of nitriles is 1. The first-order valence-corrected chi connectivity index (χ1v) is 11.2. The molecule has 0 spiro atoms. The molecule has 1 aliphatic heterocycles. The number of likely N-dealkylation sites (tertiary alicyclic amines) is 1. The summed E-state index contributed by atoms with van der Waals surface area (Å²) in [5, 5.41) is 16.8. The van der Waals surface area contributed by atoms with Crippen molar-refractivity contribution in [1.29, 1.82) is 5.26 Å². The molecular weight excluding hydrogens is 421 g/mol. The van der Waals surface area contributed by atoms with Crippen LogP contribution in [0.15, 0.2) is 48.9 Å². The molecule has 3 aromatic rings. The highest BCUT2D eigenvalue weighted by Gasteiger charge is 2.33. The van der Waals surface area contributed by atoms with E-state index in [4.69, 9.17) is 5.26 Å². The van der Waals surface area contributed by atoms with Crippen molar-refractivity contribution in [3.05, 3.63) is 54.5 Å². The minimum Gasteiger partial charge on any atom is -0.336 e. The monoisotopic (exact) mass is 445 g/mol. The van der Waals surface area contributed by atoms with Gasteiger partial charge < -0.3 is 10.2 Å². The molecule has 1 saturated heterocycles. The Kier molecular flexibility index (Phi) is 5.73. The zero-order chi connectivity index (χ0) is 22.8. The minimum atomic E-state index is -0.933. The highest BCUT2D eigenvalue weighted by atomic mass is 19.1. The van der Waals surface area contributed by atoms with Crippen LogP contribution in [0.4, 0.5) is 16.0 Å². The van der Waals surface area contributed by atoms with E-state index in [0.717, 1.165) is 29.8 Å². The summed E-state index contributed by atoms with van der Waals surface area (Å²) in [6.45, 7) is 0.614. The quantitative estimate of drug-likeness (QED) is 0.587. The molecule has 2 aromatic heterocycles. The number of halogens is 1. The summed E-state index contributed by atoms with van der Waals surface area (Å²) in [5.74, 6) is 0.798. The summed E-state index contributed by atoms with van der Waals surface area (Å²) in [6.07, 6.45) is 7.58. The zero-order valence-corrected chi connectivity index (χ0v) is 18.1. The molecule has 3 heterocycles. The van der Waals surface area contributed by atoms with Gasteiger partial charge in [0.25, 0.3) is 5.91 Å². The Morgan fingerprint density at radius 1 is 1.24 bits per heavy atom. The molecule has 2 aliphatic rings. The van der Waals surface area contributed by atoms with Gasteiger partial charge in [-0.2, -0.15) is 10.4 Å². The third kappa shape index (κ3) is 4.70. The number of hydrogen-bond donors (Lipinski definition) is 1. The molecule has 1 amide bonds. The molecular formula is C24H24FN7O. The van der Waals surface area contributed by atoms with E-state index >= 15 is 0 Å². The molecule has 2 fully saturated rings. The van der Waals surface area contributed by atoms with Gasteiger partial charge in [-0.3, -0.25) is 9.48 Å². The molecule has 33 heavy (non-hydrogen) atoms. The van der Waals surface area contributed by atoms with E-state index < -0.39 is 6.17 Å². The highest BCUT2D eigenvalue weighted by Crippen LogP contribution is 2.41. The van der Waals surface area contributed by atoms with Crippen LogP contribution in [0.25, 0.3) is 11.3 Å². The molecule has 1 unspecified atom stereocenters. The van der Waals surface area contributed by atoms with Crippen molar-refractivity contribution >= 4 is 17.5 Å². The fourth-order valence-corrected chi connectivity index (χ4v) is 4.19. The van der Waals surface area contributed by atoms with Crippen LogP contribution in [0, 0.1) is 17.2 Å². The van der Waals surface area contributed by atoms with Gasteiger partial charge in [0.1, 0.15) is 6.17 Å². The van der Waals surface area contributed by atoms with Crippen molar-refractivity contribution < 1.29 is 9.18 Å². The van der Waals surface area contributed by atoms with Gasteiger partial charge in [-0.1, -0.05) is 0 Å². The van der Waals surface area contributed by atoms with Crippen LogP contribution in [-0.4, -0.2) is 49.8 Å². The first-order chi connectivity index (χ1) is 16.1. The van der Waals surface area contributed by atoms with Crippen LogP contribution in [0.2, 0.25) is 0 Å². The standard InChI is InChI=1S/C24H24FN7O/c25-19-9-12-31(15-19)23(33)17-3-5-20(6-4-17)29-24-27-11-8-21(30-24)18-13-28-32(14-18)22(7-10-26)16-1-2-16/h3-6,8,11,13-14,16,19,22H,1-2,7,9,12,15H2,(H,27,29,30)/t19-,22?/m0/s1. The second-order valence-electron chi connectivity index (χ2n) is 8.58. The fourth-order valence-electron chi connectivity index (χ4n) is 4.19. The Balaban J connectivity index is 1.27. The summed E-state index contributed by atoms with van der Waals surface area (Å²) in [7, 11) is 0. The van der Waals surface area contributed by atoms with Gasteiger partial charge in [0.15, 0.2) is 0 Å². The number of anilines is 2. The van der Waals surface area contributed by atoms with Gasteiger partial charge in [-0.25, -0.2) is 14.4 Å². The van der Waals surface area contributed by atoms with E-state index in [-0.39, 0.29) is 18.5 Å². The molecule has 1 aromatic carbocycles. The molecule has 168 valence electrons. The second kappa shape index (κ2) is 8.98. The van der Waals surface area contributed by atoms with Crippen molar-refractivity contribution in [1.82, 2.24) is 24.6 Å². The average molecular weight is 446 g/mol. The minimum absolute atomic E-state index is 0.112. The van der Waals surface area contributed by atoms with E-state index in [1.54, 1.807) is 41.6 Å².